The summed E-state index contributed by atoms with van der Waals surface area (Å²) in [5.74, 6) is -0.707. The third-order valence-corrected chi connectivity index (χ3v) is 4.49. The van der Waals surface area contributed by atoms with Gasteiger partial charge in [0.1, 0.15) is 5.82 Å². The molecule has 0 saturated heterocycles. The second kappa shape index (κ2) is 6.55. The first kappa shape index (κ1) is 15.8. The standard InChI is InChI=1S/C15H12ClFN4OS/c1-9(14(22)18-12-6-5-10(17)8-11(12)16)23-15-20-19-13-4-2-3-7-21(13)15/h2-9H,1H3,(H,18,22). The van der Waals surface area contributed by atoms with Crippen LogP contribution >= 0.6 is 23.4 Å². The van der Waals surface area contributed by atoms with Gasteiger partial charge >= 0.3 is 0 Å². The van der Waals surface area contributed by atoms with Crippen LogP contribution < -0.4 is 5.32 Å². The van der Waals surface area contributed by atoms with Crippen molar-refractivity contribution in [2.24, 2.45) is 0 Å². The van der Waals surface area contributed by atoms with Crippen LogP contribution in [0, 0.1) is 5.82 Å². The quantitative estimate of drug-likeness (QED) is 0.730. The van der Waals surface area contributed by atoms with E-state index in [1.165, 1.54) is 23.9 Å². The minimum Gasteiger partial charge on any atom is -0.324 e. The monoisotopic (exact) mass is 350 g/mol. The van der Waals surface area contributed by atoms with Crippen LogP contribution in [0.3, 0.4) is 0 Å². The maximum absolute atomic E-state index is 13.0. The van der Waals surface area contributed by atoms with E-state index in [9.17, 15) is 9.18 Å². The first-order valence-corrected chi connectivity index (χ1v) is 8.02. The number of aromatic nitrogens is 3. The number of nitrogens with one attached hydrogen (secondary N) is 1. The number of anilines is 1. The molecular formula is C15H12ClFN4OS. The fourth-order valence-electron chi connectivity index (χ4n) is 1.94. The Balaban J connectivity index is 1.72. The molecular weight excluding hydrogens is 339 g/mol. The summed E-state index contributed by atoms with van der Waals surface area (Å²) in [4.78, 5) is 12.3. The molecule has 3 rings (SSSR count). The van der Waals surface area contributed by atoms with E-state index in [1.807, 2.05) is 24.4 Å². The van der Waals surface area contributed by atoms with Crippen molar-refractivity contribution in [3.63, 3.8) is 0 Å². The van der Waals surface area contributed by atoms with Gasteiger partial charge < -0.3 is 5.32 Å². The van der Waals surface area contributed by atoms with Crippen molar-refractivity contribution >= 4 is 40.6 Å². The highest BCUT2D eigenvalue weighted by atomic mass is 35.5. The lowest BCUT2D eigenvalue weighted by molar-refractivity contribution is -0.115. The van der Waals surface area contributed by atoms with Gasteiger partial charge in [-0.3, -0.25) is 9.20 Å². The van der Waals surface area contributed by atoms with Crippen LogP contribution in [-0.4, -0.2) is 25.8 Å². The van der Waals surface area contributed by atoms with Crippen molar-refractivity contribution in [2.45, 2.75) is 17.3 Å². The number of amides is 1. The minimum absolute atomic E-state index is 0.156. The summed E-state index contributed by atoms with van der Waals surface area (Å²) in [6.45, 7) is 1.75. The predicted octanol–water partition coefficient (Wildman–Crippen LogP) is 3.64. The molecule has 0 aliphatic rings. The summed E-state index contributed by atoms with van der Waals surface area (Å²) in [5.41, 5.74) is 1.08. The molecule has 0 fully saturated rings. The number of fused-ring (bicyclic) bond motifs is 1. The molecule has 0 aliphatic carbocycles. The molecule has 5 nitrogen and oxygen atoms in total. The molecule has 23 heavy (non-hydrogen) atoms. The van der Waals surface area contributed by atoms with Crippen LogP contribution in [0.2, 0.25) is 5.02 Å². The highest BCUT2D eigenvalue weighted by Gasteiger charge is 2.18. The highest BCUT2D eigenvalue weighted by molar-refractivity contribution is 8.00. The SMILES string of the molecule is CC(Sc1nnc2ccccn12)C(=O)Nc1ccc(F)cc1Cl. The molecule has 1 aromatic carbocycles. The summed E-state index contributed by atoms with van der Waals surface area (Å²) in [5, 5.41) is 11.1. The maximum atomic E-state index is 13.0. The molecule has 1 amide bonds. The van der Waals surface area contributed by atoms with Gasteiger partial charge in [0.25, 0.3) is 0 Å². The van der Waals surface area contributed by atoms with Crippen LogP contribution in [0.5, 0.6) is 0 Å². The van der Waals surface area contributed by atoms with Gasteiger partial charge in [-0.2, -0.15) is 0 Å². The number of carbonyl (C=O) groups is 1. The van der Waals surface area contributed by atoms with E-state index in [0.717, 1.165) is 6.07 Å². The van der Waals surface area contributed by atoms with E-state index in [1.54, 1.807) is 11.3 Å². The van der Waals surface area contributed by atoms with Crippen LogP contribution in [0.1, 0.15) is 6.92 Å². The average molecular weight is 351 g/mol. The lowest BCUT2D eigenvalue weighted by Crippen LogP contribution is -2.22. The Morgan fingerprint density at radius 2 is 2.17 bits per heavy atom. The zero-order valence-corrected chi connectivity index (χ0v) is 13.6. The molecule has 2 heterocycles. The van der Waals surface area contributed by atoms with Gasteiger partial charge in [0.05, 0.1) is 16.0 Å². The number of hydrogen-bond acceptors (Lipinski definition) is 4. The number of halogens is 2. The Morgan fingerprint density at radius 1 is 1.35 bits per heavy atom. The Kier molecular flexibility index (Phi) is 4.49. The Hall–Kier alpha value is -2.12. The van der Waals surface area contributed by atoms with Crippen LogP contribution in [0.15, 0.2) is 47.8 Å². The second-order valence-corrected chi connectivity index (χ2v) is 6.50. The van der Waals surface area contributed by atoms with Crippen molar-refractivity contribution in [1.82, 2.24) is 14.6 Å². The van der Waals surface area contributed by atoms with E-state index in [-0.39, 0.29) is 10.9 Å². The Morgan fingerprint density at radius 3 is 2.96 bits per heavy atom. The smallest absolute Gasteiger partial charge is 0.237 e. The van der Waals surface area contributed by atoms with Crippen molar-refractivity contribution in [1.29, 1.82) is 0 Å². The van der Waals surface area contributed by atoms with Gasteiger partial charge in [0.2, 0.25) is 5.91 Å². The van der Waals surface area contributed by atoms with Gasteiger partial charge in [0.15, 0.2) is 10.8 Å². The lowest BCUT2D eigenvalue weighted by Gasteiger charge is -2.12. The van der Waals surface area contributed by atoms with Crippen molar-refractivity contribution < 1.29 is 9.18 Å². The molecule has 0 spiro atoms. The summed E-state index contributed by atoms with van der Waals surface area (Å²) in [6.07, 6.45) is 1.83. The molecule has 118 valence electrons. The summed E-state index contributed by atoms with van der Waals surface area (Å²) in [6, 6.07) is 9.39. The first-order chi connectivity index (χ1) is 11.0. The molecule has 2 aromatic heterocycles. The van der Waals surface area contributed by atoms with Crippen LogP contribution in [0.4, 0.5) is 10.1 Å². The van der Waals surface area contributed by atoms with Crippen molar-refractivity contribution in [3.8, 4) is 0 Å². The largest absolute Gasteiger partial charge is 0.324 e. The van der Waals surface area contributed by atoms with E-state index >= 15 is 0 Å². The number of pyridine rings is 1. The number of benzene rings is 1. The molecule has 1 atom stereocenters. The maximum Gasteiger partial charge on any atom is 0.237 e. The van der Waals surface area contributed by atoms with Gasteiger partial charge in [-0.25, -0.2) is 4.39 Å². The lowest BCUT2D eigenvalue weighted by atomic mass is 10.3. The van der Waals surface area contributed by atoms with Gasteiger partial charge in [0, 0.05) is 6.20 Å². The van der Waals surface area contributed by atoms with Crippen LogP contribution in [-0.2, 0) is 4.79 Å². The molecule has 1 N–H and O–H groups in total. The predicted molar refractivity (Wildman–Crippen MR) is 88.3 cm³/mol. The van der Waals surface area contributed by atoms with E-state index in [0.29, 0.717) is 16.5 Å². The fraction of sp³-hybridized carbons (Fsp3) is 0.133. The number of thioether (sulfide) groups is 1. The molecule has 0 saturated carbocycles. The zero-order chi connectivity index (χ0) is 16.4. The number of carbonyl (C=O) groups excluding carboxylic acids is 1. The average Bonchev–Trinajstić information content (AvgIpc) is 2.93. The first-order valence-electron chi connectivity index (χ1n) is 6.77. The van der Waals surface area contributed by atoms with Gasteiger partial charge in [-0.1, -0.05) is 29.4 Å². The van der Waals surface area contributed by atoms with E-state index in [2.05, 4.69) is 15.5 Å². The Bertz CT molecular complexity index is 870. The van der Waals surface area contributed by atoms with Gasteiger partial charge in [-0.05, 0) is 37.3 Å². The molecule has 0 radical (unpaired) electrons. The normalized spacial score (nSPS) is 12.3. The fourth-order valence-corrected chi connectivity index (χ4v) is 2.99. The topological polar surface area (TPSA) is 59.3 Å². The van der Waals surface area contributed by atoms with E-state index < -0.39 is 11.1 Å². The van der Waals surface area contributed by atoms with Crippen molar-refractivity contribution in [3.05, 3.63) is 53.4 Å². The number of nitrogens with zero attached hydrogens (tertiary/aromatic N) is 3. The third-order valence-electron chi connectivity index (χ3n) is 3.12. The molecule has 1 unspecified atom stereocenters. The third kappa shape index (κ3) is 3.46. The number of hydrogen-bond donors (Lipinski definition) is 1. The molecule has 0 aliphatic heterocycles. The van der Waals surface area contributed by atoms with Gasteiger partial charge in [-0.15, -0.1) is 10.2 Å². The summed E-state index contributed by atoms with van der Waals surface area (Å²) in [7, 11) is 0. The molecule has 3 aromatic rings. The zero-order valence-electron chi connectivity index (χ0n) is 12.0. The van der Waals surface area contributed by atoms with E-state index in [4.69, 9.17) is 11.6 Å². The minimum atomic E-state index is -0.453. The molecule has 8 heteroatoms. The Labute approximate surface area is 140 Å². The summed E-state index contributed by atoms with van der Waals surface area (Å²) < 4.78 is 14.8. The van der Waals surface area contributed by atoms with Crippen LogP contribution in [0.25, 0.3) is 5.65 Å². The number of rotatable bonds is 4. The highest BCUT2D eigenvalue weighted by Crippen LogP contribution is 2.26. The second-order valence-electron chi connectivity index (χ2n) is 4.78. The van der Waals surface area contributed by atoms with Crippen molar-refractivity contribution in [2.75, 3.05) is 5.32 Å². The molecule has 0 bridgehead atoms. The summed E-state index contributed by atoms with van der Waals surface area (Å²) >= 11 is 7.19.